The lowest BCUT2D eigenvalue weighted by atomic mass is 9.83. The largest absolute Gasteiger partial charge is 0.294 e. The monoisotopic (exact) mass is 242 g/mol. The van der Waals surface area contributed by atoms with Crippen molar-refractivity contribution in [3.05, 3.63) is 35.4 Å². The van der Waals surface area contributed by atoms with Crippen molar-refractivity contribution >= 4 is 5.78 Å². The highest BCUT2D eigenvalue weighted by molar-refractivity contribution is 6.01. The van der Waals surface area contributed by atoms with Gasteiger partial charge >= 0.3 is 0 Å². The Balaban J connectivity index is 1.74. The molecular weight excluding hydrogens is 220 g/mol. The molecule has 1 nitrogen and oxygen atoms in total. The molecule has 3 rings (SSSR count). The molecule has 0 bridgehead atoms. The average molecular weight is 242 g/mol. The number of Topliss-reactive ketones (excluding diaryl/α,β-unsaturated/α-hetero) is 1. The minimum atomic E-state index is -0.0354. The lowest BCUT2D eigenvalue weighted by Crippen LogP contribution is -2.12. The molecule has 2 aliphatic carbocycles. The Hall–Kier alpha value is -1.11. The Labute approximate surface area is 110 Å². The van der Waals surface area contributed by atoms with Crippen molar-refractivity contribution in [2.45, 2.75) is 57.8 Å². The van der Waals surface area contributed by atoms with Gasteiger partial charge in [0.15, 0.2) is 5.78 Å². The third kappa shape index (κ3) is 2.23. The molecule has 0 aliphatic heterocycles. The fourth-order valence-corrected chi connectivity index (χ4v) is 3.11. The van der Waals surface area contributed by atoms with E-state index in [1.54, 1.807) is 0 Å². The van der Waals surface area contributed by atoms with Crippen LogP contribution < -0.4 is 0 Å². The van der Waals surface area contributed by atoms with Gasteiger partial charge in [0.1, 0.15) is 0 Å². The summed E-state index contributed by atoms with van der Waals surface area (Å²) in [5.74, 6) is 1.08. The van der Waals surface area contributed by atoms with Gasteiger partial charge < -0.3 is 0 Å². The SMILES string of the molecule is CC1(C(=O)c2ccc(C3CCCCC3)cc2)CC1. The first-order valence-corrected chi connectivity index (χ1v) is 7.34. The van der Waals surface area contributed by atoms with Crippen LogP contribution in [0.25, 0.3) is 0 Å². The third-order valence-electron chi connectivity index (χ3n) is 4.80. The van der Waals surface area contributed by atoms with E-state index in [9.17, 15) is 4.79 Å². The van der Waals surface area contributed by atoms with Crippen LogP contribution in [0.5, 0.6) is 0 Å². The van der Waals surface area contributed by atoms with Crippen LogP contribution in [0, 0.1) is 5.41 Å². The third-order valence-corrected chi connectivity index (χ3v) is 4.80. The zero-order chi connectivity index (χ0) is 12.6. The van der Waals surface area contributed by atoms with E-state index < -0.39 is 0 Å². The Kier molecular flexibility index (Phi) is 3.01. The summed E-state index contributed by atoms with van der Waals surface area (Å²) in [5, 5.41) is 0. The lowest BCUT2D eigenvalue weighted by Gasteiger charge is -2.22. The van der Waals surface area contributed by atoms with Crippen molar-refractivity contribution in [3.8, 4) is 0 Å². The molecule has 0 atom stereocenters. The maximum absolute atomic E-state index is 12.2. The zero-order valence-corrected chi connectivity index (χ0v) is 11.2. The summed E-state index contributed by atoms with van der Waals surface area (Å²) in [4.78, 5) is 12.2. The highest BCUT2D eigenvalue weighted by atomic mass is 16.1. The van der Waals surface area contributed by atoms with Gasteiger partial charge in [-0.25, -0.2) is 0 Å². The molecule has 1 heteroatoms. The fraction of sp³-hybridized carbons (Fsp3) is 0.588. The van der Waals surface area contributed by atoms with Crippen LogP contribution in [0.2, 0.25) is 0 Å². The summed E-state index contributed by atoms with van der Waals surface area (Å²) in [6, 6.07) is 8.48. The van der Waals surface area contributed by atoms with Crippen molar-refractivity contribution in [2.24, 2.45) is 5.41 Å². The molecule has 2 aliphatic rings. The topological polar surface area (TPSA) is 17.1 Å². The second kappa shape index (κ2) is 4.53. The van der Waals surface area contributed by atoms with E-state index in [1.807, 2.05) is 0 Å². The fourth-order valence-electron chi connectivity index (χ4n) is 3.11. The van der Waals surface area contributed by atoms with Gasteiger partial charge in [0, 0.05) is 11.0 Å². The molecule has 0 unspecified atom stereocenters. The van der Waals surface area contributed by atoms with E-state index in [1.165, 1.54) is 37.7 Å². The maximum atomic E-state index is 12.2. The van der Waals surface area contributed by atoms with Crippen LogP contribution in [0.15, 0.2) is 24.3 Å². The van der Waals surface area contributed by atoms with Crippen molar-refractivity contribution in [2.75, 3.05) is 0 Å². The second-order valence-electron chi connectivity index (χ2n) is 6.35. The molecule has 2 saturated carbocycles. The molecule has 1 aromatic carbocycles. The number of benzene rings is 1. The summed E-state index contributed by atoms with van der Waals surface area (Å²) in [7, 11) is 0. The average Bonchev–Trinajstić information content (AvgIpc) is 3.18. The molecule has 1 aromatic rings. The van der Waals surface area contributed by atoms with Gasteiger partial charge in [-0.1, -0.05) is 50.5 Å². The number of carbonyl (C=O) groups excluding carboxylic acids is 1. The van der Waals surface area contributed by atoms with Gasteiger partial charge in [0.2, 0.25) is 0 Å². The van der Waals surface area contributed by atoms with Gasteiger partial charge in [-0.2, -0.15) is 0 Å². The van der Waals surface area contributed by atoms with Crippen molar-refractivity contribution in [1.82, 2.24) is 0 Å². The van der Waals surface area contributed by atoms with E-state index in [0.717, 1.165) is 24.3 Å². The van der Waals surface area contributed by atoms with Crippen molar-refractivity contribution < 1.29 is 4.79 Å². The number of hydrogen-bond acceptors (Lipinski definition) is 1. The first-order valence-electron chi connectivity index (χ1n) is 7.34. The van der Waals surface area contributed by atoms with E-state index in [2.05, 4.69) is 31.2 Å². The quantitative estimate of drug-likeness (QED) is 0.701. The van der Waals surface area contributed by atoms with Crippen LogP contribution in [0.3, 0.4) is 0 Å². The van der Waals surface area contributed by atoms with Crippen LogP contribution in [-0.4, -0.2) is 5.78 Å². The Bertz CT molecular complexity index is 433. The number of ketones is 1. The van der Waals surface area contributed by atoms with Crippen molar-refractivity contribution in [3.63, 3.8) is 0 Å². The molecule has 2 fully saturated rings. The molecule has 0 saturated heterocycles. The summed E-state index contributed by atoms with van der Waals surface area (Å²) in [6.45, 7) is 2.09. The van der Waals surface area contributed by atoms with E-state index in [4.69, 9.17) is 0 Å². The number of hydrogen-bond donors (Lipinski definition) is 0. The number of carbonyl (C=O) groups is 1. The van der Waals surface area contributed by atoms with Crippen LogP contribution in [0.4, 0.5) is 0 Å². The predicted molar refractivity (Wildman–Crippen MR) is 73.9 cm³/mol. The maximum Gasteiger partial charge on any atom is 0.168 e. The van der Waals surface area contributed by atoms with Gasteiger partial charge in [-0.15, -0.1) is 0 Å². The minimum absolute atomic E-state index is 0.0354. The van der Waals surface area contributed by atoms with Crippen molar-refractivity contribution in [1.29, 1.82) is 0 Å². The molecule has 0 N–H and O–H groups in total. The number of rotatable bonds is 3. The second-order valence-corrected chi connectivity index (χ2v) is 6.35. The van der Waals surface area contributed by atoms with E-state index >= 15 is 0 Å². The van der Waals surface area contributed by atoms with Gasteiger partial charge in [0.25, 0.3) is 0 Å². The lowest BCUT2D eigenvalue weighted by molar-refractivity contribution is 0.0912. The summed E-state index contributed by atoms with van der Waals surface area (Å²) < 4.78 is 0. The Morgan fingerprint density at radius 2 is 1.67 bits per heavy atom. The summed E-state index contributed by atoms with van der Waals surface area (Å²) in [6.07, 6.45) is 8.90. The predicted octanol–water partition coefficient (Wildman–Crippen LogP) is 4.72. The van der Waals surface area contributed by atoms with Crippen LogP contribution in [-0.2, 0) is 0 Å². The molecule has 96 valence electrons. The summed E-state index contributed by atoms with van der Waals surface area (Å²) >= 11 is 0. The highest BCUT2D eigenvalue weighted by Crippen LogP contribution is 2.47. The Morgan fingerprint density at radius 1 is 1.06 bits per heavy atom. The van der Waals surface area contributed by atoms with Gasteiger partial charge in [-0.05, 0) is 37.2 Å². The first kappa shape index (κ1) is 12.0. The molecule has 0 heterocycles. The van der Waals surface area contributed by atoms with Crippen LogP contribution >= 0.6 is 0 Å². The van der Waals surface area contributed by atoms with E-state index in [0.29, 0.717) is 5.78 Å². The summed E-state index contributed by atoms with van der Waals surface area (Å²) in [5.41, 5.74) is 2.31. The molecule has 0 aromatic heterocycles. The van der Waals surface area contributed by atoms with E-state index in [-0.39, 0.29) is 5.41 Å². The smallest absolute Gasteiger partial charge is 0.168 e. The standard InChI is InChI=1S/C17H22O/c1-17(11-12-17)16(18)15-9-7-14(8-10-15)13-5-3-2-4-6-13/h7-10,13H,2-6,11-12H2,1H3. The molecular formula is C17H22O. The Morgan fingerprint density at radius 3 is 2.22 bits per heavy atom. The highest BCUT2D eigenvalue weighted by Gasteiger charge is 2.44. The van der Waals surface area contributed by atoms with Gasteiger partial charge in [-0.3, -0.25) is 4.79 Å². The molecule has 18 heavy (non-hydrogen) atoms. The zero-order valence-electron chi connectivity index (χ0n) is 11.2. The van der Waals surface area contributed by atoms with Gasteiger partial charge in [0.05, 0.1) is 0 Å². The minimum Gasteiger partial charge on any atom is -0.294 e. The first-order chi connectivity index (χ1) is 8.69. The molecule has 0 radical (unpaired) electrons. The molecule has 0 amide bonds. The molecule has 0 spiro atoms. The van der Waals surface area contributed by atoms with Crippen LogP contribution in [0.1, 0.15) is 73.7 Å². The normalized spacial score (nSPS) is 22.7.